The highest BCUT2D eigenvalue weighted by Crippen LogP contribution is 2.26. The minimum absolute atomic E-state index is 0.0299. The van der Waals surface area contributed by atoms with Gasteiger partial charge in [-0.1, -0.05) is 20.3 Å². The largest absolute Gasteiger partial charge is 0.356 e. The molecule has 122 valence electrons. The highest BCUT2D eigenvalue weighted by atomic mass is 16.2. The SMILES string of the molecule is CCCNC(=NCC(=O)N(C)C)NC1CCC(CC)CC1. The molecule has 21 heavy (non-hydrogen) atoms. The molecule has 1 fully saturated rings. The Labute approximate surface area is 129 Å². The van der Waals surface area contributed by atoms with E-state index in [9.17, 15) is 4.79 Å². The third-order valence-corrected chi connectivity index (χ3v) is 4.18. The number of nitrogens with zero attached hydrogens (tertiary/aromatic N) is 2. The van der Waals surface area contributed by atoms with Gasteiger partial charge < -0.3 is 15.5 Å². The van der Waals surface area contributed by atoms with Crippen LogP contribution in [0.15, 0.2) is 4.99 Å². The van der Waals surface area contributed by atoms with Gasteiger partial charge in [0.2, 0.25) is 5.91 Å². The van der Waals surface area contributed by atoms with E-state index in [1.807, 2.05) is 0 Å². The summed E-state index contributed by atoms with van der Waals surface area (Å²) >= 11 is 0. The minimum Gasteiger partial charge on any atom is -0.356 e. The number of hydrogen-bond acceptors (Lipinski definition) is 2. The van der Waals surface area contributed by atoms with Gasteiger partial charge in [0.25, 0.3) is 0 Å². The summed E-state index contributed by atoms with van der Waals surface area (Å²) in [5.41, 5.74) is 0. The van der Waals surface area contributed by atoms with Crippen molar-refractivity contribution >= 4 is 11.9 Å². The molecule has 0 radical (unpaired) electrons. The van der Waals surface area contributed by atoms with Crippen LogP contribution >= 0.6 is 0 Å². The van der Waals surface area contributed by atoms with Crippen LogP contribution < -0.4 is 10.6 Å². The molecule has 0 aromatic heterocycles. The van der Waals surface area contributed by atoms with E-state index in [-0.39, 0.29) is 12.5 Å². The number of likely N-dealkylation sites (N-methyl/N-ethyl adjacent to an activating group) is 1. The number of carbonyl (C=O) groups is 1. The lowest BCUT2D eigenvalue weighted by atomic mass is 9.84. The molecule has 0 aromatic carbocycles. The van der Waals surface area contributed by atoms with Gasteiger partial charge in [-0.2, -0.15) is 0 Å². The maximum absolute atomic E-state index is 11.7. The van der Waals surface area contributed by atoms with E-state index in [2.05, 4.69) is 29.5 Å². The fraction of sp³-hybridized carbons (Fsp3) is 0.875. The number of amides is 1. The van der Waals surface area contributed by atoms with Gasteiger partial charge in [0.1, 0.15) is 6.54 Å². The van der Waals surface area contributed by atoms with Gasteiger partial charge >= 0.3 is 0 Å². The highest BCUT2D eigenvalue weighted by molar-refractivity contribution is 5.84. The number of carbonyl (C=O) groups excluding carboxylic acids is 1. The van der Waals surface area contributed by atoms with Gasteiger partial charge in [-0.25, -0.2) is 4.99 Å². The van der Waals surface area contributed by atoms with Crippen LogP contribution in [0.4, 0.5) is 0 Å². The zero-order valence-corrected chi connectivity index (χ0v) is 14.1. The molecular formula is C16H32N4O. The zero-order valence-electron chi connectivity index (χ0n) is 14.1. The summed E-state index contributed by atoms with van der Waals surface area (Å²) in [6.45, 7) is 5.49. The second kappa shape index (κ2) is 9.64. The van der Waals surface area contributed by atoms with Gasteiger partial charge in [-0.15, -0.1) is 0 Å². The predicted octanol–water partition coefficient (Wildman–Crippen LogP) is 1.99. The Bertz CT molecular complexity index is 333. The van der Waals surface area contributed by atoms with E-state index < -0.39 is 0 Å². The summed E-state index contributed by atoms with van der Waals surface area (Å²) in [6, 6.07) is 0.491. The molecular weight excluding hydrogens is 264 g/mol. The van der Waals surface area contributed by atoms with Crippen molar-refractivity contribution in [3.63, 3.8) is 0 Å². The Morgan fingerprint density at radius 1 is 1.19 bits per heavy atom. The van der Waals surface area contributed by atoms with E-state index in [0.717, 1.165) is 24.8 Å². The maximum atomic E-state index is 11.7. The number of guanidine groups is 1. The average molecular weight is 296 g/mol. The Kier molecular flexibility index (Phi) is 8.16. The van der Waals surface area contributed by atoms with Crippen LogP contribution in [-0.4, -0.2) is 50.0 Å². The topological polar surface area (TPSA) is 56.7 Å². The van der Waals surface area contributed by atoms with Crippen LogP contribution in [0.3, 0.4) is 0 Å². The number of nitrogens with one attached hydrogen (secondary N) is 2. The molecule has 0 aliphatic heterocycles. The van der Waals surface area contributed by atoms with Crippen molar-refractivity contribution in [1.29, 1.82) is 0 Å². The van der Waals surface area contributed by atoms with Crippen LogP contribution in [0.1, 0.15) is 52.4 Å². The number of rotatable bonds is 6. The van der Waals surface area contributed by atoms with Crippen LogP contribution in [0.2, 0.25) is 0 Å². The van der Waals surface area contributed by atoms with Crippen LogP contribution in [0.5, 0.6) is 0 Å². The van der Waals surface area contributed by atoms with Crippen LogP contribution in [-0.2, 0) is 4.79 Å². The first-order chi connectivity index (χ1) is 10.1. The smallest absolute Gasteiger partial charge is 0.243 e. The molecule has 0 heterocycles. The fourth-order valence-electron chi connectivity index (χ4n) is 2.59. The van der Waals surface area contributed by atoms with Crippen molar-refractivity contribution in [2.75, 3.05) is 27.2 Å². The Hall–Kier alpha value is -1.26. The van der Waals surface area contributed by atoms with Crippen molar-refractivity contribution in [2.45, 2.75) is 58.4 Å². The molecule has 5 nitrogen and oxygen atoms in total. The van der Waals surface area contributed by atoms with Gasteiger partial charge in [0.05, 0.1) is 0 Å². The molecule has 1 aliphatic rings. The third kappa shape index (κ3) is 6.82. The summed E-state index contributed by atoms with van der Waals surface area (Å²) in [5, 5.41) is 6.80. The monoisotopic (exact) mass is 296 g/mol. The molecule has 2 N–H and O–H groups in total. The molecule has 5 heteroatoms. The first-order valence-electron chi connectivity index (χ1n) is 8.31. The highest BCUT2D eigenvalue weighted by Gasteiger charge is 2.20. The van der Waals surface area contributed by atoms with Crippen molar-refractivity contribution in [3.05, 3.63) is 0 Å². The standard InChI is InChI=1S/C16H32N4O/c1-5-11-17-16(18-12-15(21)20(3)4)19-14-9-7-13(6-2)8-10-14/h13-14H,5-12H2,1-4H3,(H2,17,18,19). The molecule has 1 amide bonds. The van der Waals surface area contributed by atoms with Crippen molar-refractivity contribution < 1.29 is 4.79 Å². The van der Waals surface area contributed by atoms with Crippen molar-refractivity contribution in [1.82, 2.24) is 15.5 Å². The van der Waals surface area contributed by atoms with Gasteiger partial charge in [-0.05, 0) is 38.0 Å². The zero-order chi connectivity index (χ0) is 15.7. The molecule has 1 rings (SSSR count). The Morgan fingerprint density at radius 3 is 2.38 bits per heavy atom. The summed E-state index contributed by atoms with van der Waals surface area (Å²) in [4.78, 5) is 17.7. The third-order valence-electron chi connectivity index (χ3n) is 4.18. The van der Waals surface area contributed by atoms with Crippen LogP contribution in [0.25, 0.3) is 0 Å². The molecule has 0 aromatic rings. The van der Waals surface area contributed by atoms with Gasteiger partial charge in [0, 0.05) is 26.7 Å². The minimum atomic E-state index is 0.0299. The lowest BCUT2D eigenvalue weighted by molar-refractivity contribution is -0.127. The van der Waals surface area contributed by atoms with Gasteiger partial charge in [0.15, 0.2) is 5.96 Å². The molecule has 0 saturated heterocycles. The lowest BCUT2D eigenvalue weighted by Gasteiger charge is -2.29. The van der Waals surface area contributed by atoms with E-state index >= 15 is 0 Å². The molecule has 0 unspecified atom stereocenters. The first-order valence-corrected chi connectivity index (χ1v) is 8.31. The Balaban J connectivity index is 2.49. The van der Waals surface area contributed by atoms with Crippen molar-refractivity contribution in [3.8, 4) is 0 Å². The number of hydrogen-bond donors (Lipinski definition) is 2. The summed E-state index contributed by atoms with van der Waals surface area (Å²) in [5.74, 6) is 1.71. The normalized spacial score (nSPS) is 22.8. The van der Waals surface area contributed by atoms with Gasteiger partial charge in [-0.3, -0.25) is 4.79 Å². The van der Waals surface area contributed by atoms with Crippen LogP contribution in [0, 0.1) is 5.92 Å². The van der Waals surface area contributed by atoms with E-state index in [4.69, 9.17) is 0 Å². The molecule has 0 atom stereocenters. The molecule has 0 bridgehead atoms. The second-order valence-electron chi connectivity index (χ2n) is 6.15. The lowest BCUT2D eigenvalue weighted by Crippen LogP contribution is -2.45. The molecule has 1 aliphatic carbocycles. The fourth-order valence-corrected chi connectivity index (χ4v) is 2.59. The number of aliphatic imine (C=N–C) groups is 1. The molecule has 0 spiro atoms. The Morgan fingerprint density at radius 2 is 1.86 bits per heavy atom. The average Bonchev–Trinajstić information content (AvgIpc) is 2.50. The van der Waals surface area contributed by atoms with E-state index in [0.29, 0.717) is 6.04 Å². The quantitative estimate of drug-likeness (QED) is 0.582. The van der Waals surface area contributed by atoms with E-state index in [1.165, 1.54) is 32.1 Å². The maximum Gasteiger partial charge on any atom is 0.243 e. The van der Waals surface area contributed by atoms with Crippen molar-refractivity contribution in [2.24, 2.45) is 10.9 Å². The summed E-state index contributed by atoms with van der Waals surface area (Å²) in [7, 11) is 3.52. The summed E-state index contributed by atoms with van der Waals surface area (Å²) < 4.78 is 0. The first kappa shape index (κ1) is 17.8. The van der Waals surface area contributed by atoms with E-state index in [1.54, 1.807) is 19.0 Å². The predicted molar refractivity (Wildman–Crippen MR) is 88.5 cm³/mol. The molecule has 1 saturated carbocycles. The summed E-state index contributed by atoms with van der Waals surface area (Å²) in [6.07, 6.45) is 7.33. The second-order valence-corrected chi connectivity index (χ2v) is 6.15.